The largest absolute Gasteiger partial charge is 0.494 e. The third-order valence-corrected chi connectivity index (χ3v) is 5.10. The highest BCUT2D eigenvalue weighted by Gasteiger charge is 2.53. The fourth-order valence-electron chi connectivity index (χ4n) is 2.08. The molecular formula is C12H13BF2O4S. The van der Waals surface area contributed by atoms with Crippen LogP contribution in [0.1, 0.15) is 5.56 Å². The van der Waals surface area contributed by atoms with E-state index in [1.54, 1.807) is 0 Å². The van der Waals surface area contributed by atoms with Gasteiger partial charge in [0.25, 0.3) is 0 Å². The van der Waals surface area contributed by atoms with Gasteiger partial charge >= 0.3 is 0 Å². The molecule has 2 rings (SSSR count). The second-order valence-corrected chi connectivity index (χ2v) is 6.98. The molecule has 1 aliphatic rings. The number of hydrogen-bond donors (Lipinski definition) is 0. The first-order valence-corrected chi connectivity index (χ1v) is 7.81. The first-order chi connectivity index (χ1) is 9.32. The van der Waals surface area contributed by atoms with Gasteiger partial charge in [0.2, 0.25) is 0 Å². The van der Waals surface area contributed by atoms with Crippen LogP contribution in [-0.2, 0) is 19.3 Å². The molecule has 4 nitrogen and oxygen atoms in total. The van der Waals surface area contributed by atoms with Crippen molar-refractivity contribution in [3.8, 4) is 5.75 Å². The maximum atomic E-state index is 14.1. The molecule has 0 spiro atoms. The Bertz CT molecular complexity index is 591. The van der Waals surface area contributed by atoms with Gasteiger partial charge in [-0.15, -0.1) is 0 Å². The number of benzene rings is 1. The molecule has 1 fully saturated rings. The number of rotatable bonds is 5. The van der Waals surface area contributed by atoms with E-state index in [1.807, 2.05) is 0 Å². The van der Waals surface area contributed by atoms with E-state index >= 15 is 0 Å². The zero-order valence-electron chi connectivity index (χ0n) is 10.9. The van der Waals surface area contributed by atoms with Gasteiger partial charge < -0.3 is 9.47 Å². The third kappa shape index (κ3) is 2.42. The summed E-state index contributed by atoms with van der Waals surface area (Å²) in [6.45, 7) is -0.413. The molecule has 1 aromatic carbocycles. The van der Waals surface area contributed by atoms with E-state index in [-0.39, 0.29) is 31.9 Å². The van der Waals surface area contributed by atoms with Gasteiger partial charge in [-0.3, -0.25) is 0 Å². The van der Waals surface area contributed by atoms with E-state index in [2.05, 4.69) is 0 Å². The van der Waals surface area contributed by atoms with Gasteiger partial charge in [-0.25, -0.2) is 17.2 Å². The van der Waals surface area contributed by atoms with Crippen molar-refractivity contribution in [1.82, 2.24) is 0 Å². The lowest BCUT2D eigenvalue weighted by Crippen LogP contribution is -2.53. The molecule has 0 aromatic heterocycles. The Morgan fingerprint density at radius 3 is 2.25 bits per heavy atom. The molecule has 1 aromatic rings. The van der Waals surface area contributed by atoms with Gasteiger partial charge in [-0.05, 0) is 0 Å². The third-order valence-electron chi connectivity index (χ3n) is 3.24. The molecule has 1 aliphatic heterocycles. The van der Waals surface area contributed by atoms with Crippen molar-refractivity contribution >= 4 is 17.7 Å². The SMILES string of the molecule is [B]CCOc1cc(F)c(C2(S(C)(=O)=O)COC2)c(F)c1. The zero-order valence-corrected chi connectivity index (χ0v) is 11.7. The Morgan fingerprint density at radius 1 is 1.35 bits per heavy atom. The Morgan fingerprint density at radius 2 is 1.90 bits per heavy atom. The van der Waals surface area contributed by atoms with E-state index in [0.29, 0.717) is 0 Å². The van der Waals surface area contributed by atoms with Gasteiger partial charge in [0.05, 0.1) is 27.7 Å². The quantitative estimate of drug-likeness (QED) is 0.767. The van der Waals surface area contributed by atoms with Crippen LogP contribution in [0.3, 0.4) is 0 Å². The maximum absolute atomic E-state index is 14.1. The standard InChI is InChI=1S/C12H13BF2O4S/c1-20(16,17)12(6-18-7-12)11-9(14)4-8(5-10(11)15)19-3-2-13/h4-5H,2-3,6-7H2,1H3. The van der Waals surface area contributed by atoms with Crippen molar-refractivity contribution in [3.05, 3.63) is 29.3 Å². The van der Waals surface area contributed by atoms with Crippen molar-refractivity contribution in [2.45, 2.75) is 11.1 Å². The highest BCUT2D eigenvalue weighted by atomic mass is 32.2. The lowest BCUT2D eigenvalue weighted by Gasteiger charge is -2.40. The number of sulfone groups is 1. The molecule has 0 bridgehead atoms. The average Bonchev–Trinajstić information content (AvgIpc) is 2.26. The van der Waals surface area contributed by atoms with Crippen molar-refractivity contribution in [2.75, 3.05) is 26.1 Å². The van der Waals surface area contributed by atoms with Gasteiger partial charge in [0.1, 0.15) is 22.1 Å². The molecule has 1 saturated heterocycles. The molecule has 20 heavy (non-hydrogen) atoms. The summed E-state index contributed by atoms with van der Waals surface area (Å²) in [6, 6.07) is 1.92. The van der Waals surface area contributed by atoms with Gasteiger partial charge in [0.15, 0.2) is 9.84 Å². The Balaban J connectivity index is 2.48. The van der Waals surface area contributed by atoms with Crippen LogP contribution in [0.5, 0.6) is 5.75 Å². The predicted octanol–water partition coefficient (Wildman–Crippen LogP) is 1.20. The van der Waals surface area contributed by atoms with Gasteiger partial charge in [-0.1, -0.05) is 6.32 Å². The Hall–Kier alpha value is -1.15. The van der Waals surface area contributed by atoms with Crippen LogP contribution in [0.15, 0.2) is 12.1 Å². The van der Waals surface area contributed by atoms with Crippen LogP contribution < -0.4 is 4.74 Å². The summed E-state index contributed by atoms with van der Waals surface area (Å²) in [5.41, 5.74) is -0.494. The van der Waals surface area contributed by atoms with Crippen molar-refractivity contribution < 1.29 is 26.7 Å². The summed E-state index contributed by atoms with van der Waals surface area (Å²) in [4.78, 5) is 0. The smallest absolute Gasteiger partial charge is 0.162 e. The second kappa shape index (κ2) is 5.33. The van der Waals surface area contributed by atoms with E-state index in [4.69, 9.17) is 17.3 Å². The highest BCUT2D eigenvalue weighted by molar-refractivity contribution is 7.91. The fourth-order valence-corrected chi connectivity index (χ4v) is 3.24. The van der Waals surface area contributed by atoms with Crippen LogP contribution in [0.2, 0.25) is 6.32 Å². The molecule has 0 amide bonds. The topological polar surface area (TPSA) is 52.6 Å². The van der Waals surface area contributed by atoms with Gasteiger partial charge in [-0.2, -0.15) is 0 Å². The summed E-state index contributed by atoms with van der Waals surface area (Å²) in [7, 11) is 1.51. The van der Waals surface area contributed by atoms with Crippen molar-refractivity contribution in [2.24, 2.45) is 0 Å². The van der Waals surface area contributed by atoms with Crippen LogP contribution in [0.4, 0.5) is 8.78 Å². The summed E-state index contributed by atoms with van der Waals surface area (Å²) >= 11 is 0. The summed E-state index contributed by atoms with van der Waals surface area (Å²) < 4.78 is 60.1. The highest BCUT2D eigenvalue weighted by Crippen LogP contribution is 2.41. The summed E-state index contributed by atoms with van der Waals surface area (Å²) in [6.07, 6.45) is 1.14. The van der Waals surface area contributed by atoms with Gasteiger partial charge in [0, 0.05) is 24.0 Å². The first kappa shape index (κ1) is 15.2. The molecule has 0 saturated carbocycles. The predicted molar refractivity (Wildman–Crippen MR) is 69.8 cm³/mol. The second-order valence-electron chi connectivity index (χ2n) is 4.66. The van der Waals surface area contributed by atoms with E-state index in [9.17, 15) is 17.2 Å². The minimum absolute atomic E-state index is 0.0295. The van der Waals surface area contributed by atoms with E-state index < -0.39 is 31.8 Å². The van der Waals surface area contributed by atoms with E-state index in [0.717, 1.165) is 18.4 Å². The van der Waals surface area contributed by atoms with Crippen LogP contribution in [-0.4, -0.2) is 42.3 Å². The minimum atomic E-state index is -3.72. The fraction of sp³-hybridized carbons (Fsp3) is 0.500. The molecule has 0 atom stereocenters. The molecule has 0 unspecified atom stereocenters. The molecule has 0 N–H and O–H groups in total. The van der Waals surface area contributed by atoms with Crippen LogP contribution >= 0.6 is 0 Å². The zero-order chi connectivity index (χ0) is 15.0. The molecular weight excluding hydrogens is 289 g/mol. The monoisotopic (exact) mass is 302 g/mol. The Kier molecular flexibility index (Phi) is 4.06. The normalized spacial score (nSPS) is 17.6. The van der Waals surface area contributed by atoms with Crippen molar-refractivity contribution in [1.29, 1.82) is 0 Å². The van der Waals surface area contributed by atoms with Crippen LogP contribution in [0, 0.1) is 11.6 Å². The molecule has 1 heterocycles. The van der Waals surface area contributed by atoms with Crippen molar-refractivity contribution in [3.63, 3.8) is 0 Å². The molecule has 108 valence electrons. The number of ether oxygens (including phenoxy) is 2. The lowest BCUT2D eigenvalue weighted by molar-refractivity contribution is -0.0187. The summed E-state index contributed by atoms with van der Waals surface area (Å²) in [5.74, 6) is -1.96. The maximum Gasteiger partial charge on any atom is 0.162 e. The van der Waals surface area contributed by atoms with E-state index in [1.165, 1.54) is 0 Å². The average molecular weight is 302 g/mol. The lowest BCUT2D eigenvalue weighted by atomic mass is 9.95. The number of hydrogen-bond acceptors (Lipinski definition) is 4. The number of halogens is 2. The molecule has 0 aliphatic carbocycles. The van der Waals surface area contributed by atoms with Crippen LogP contribution in [0.25, 0.3) is 0 Å². The first-order valence-electron chi connectivity index (χ1n) is 5.91. The Labute approximate surface area is 117 Å². The minimum Gasteiger partial charge on any atom is -0.494 e. The molecule has 2 radical (unpaired) electrons. The summed E-state index contributed by atoms with van der Waals surface area (Å²) in [5, 5.41) is 0. The molecule has 8 heteroatoms.